The van der Waals surface area contributed by atoms with E-state index in [1.165, 1.54) is 18.2 Å². The SMILES string of the molecule is CN(C)C1CCCN(C(=O)c2cc(O)cc(O)c2)C1. The molecule has 1 aliphatic rings. The molecule has 0 bridgehead atoms. The monoisotopic (exact) mass is 264 g/mol. The molecule has 1 atom stereocenters. The fourth-order valence-corrected chi connectivity index (χ4v) is 2.46. The van der Waals surface area contributed by atoms with E-state index in [2.05, 4.69) is 4.90 Å². The van der Waals surface area contributed by atoms with E-state index >= 15 is 0 Å². The van der Waals surface area contributed by atoms with E-state index in [4.69, 9.17) is 0 Å². The van der Waals surface area contributed by atoms with Gasteiger partial charge in [-0.3, -0.25) is 4.79 Å². The molecule has 1 unspecified atom stereocenters. The van der Waals surface area contributed by atoms with Gasteiger partial charge in [0.15, 0.2) is 0 Å². The Morgan fingerprint density at radius 2 is 1.89 bits per heavy atom. The van der Waals surface area contributed by atoms with Crippen LogP contribution in [-0.2, 0) is 0 Å². The number of likely N-dealkylation sites (tertiary alicyclic amines) is 1. The van der Waals surface area contributed by atoms with Crippen molar-refractivity contribution in [3.8, 4) is 11.5 Å². The van der Waals surface area contributed by atoms with Crippen molar-refractivity contribution < 1.29 is 15.0 Å². The van der Waals surface area contributed by atoms with Gasteiger partial charge in [0.25, 0.3) is 5.91 Å². The summed E-state index contributed by atoms with van der Waals surface area (Å²) >= 11 is 0. The molecule has 1 fully saturated rings. The standard InChI is InChI=1S/C14H20N2O3/c1-15(2)11-4-3-5-16(9-11)14(19)10-6-12(17)8-13(18)7-10/h6-8,11,17-18H,3-5,9H2,1-2H3. The average molecular weight is 264 g/mol. The van der Waals surface area contributed by atoms with Crippen molar-refractivity contribution in [2.75, 3.05) is 27.2 Å². The molecule has 0 aliphatic carbocycles. The Morgan fingerprint density at radius 3 is 2.47 bits per heavy atom. The quantitative estimate of drug-likeness (QED) is 0.844. The van der Waals surface area contributed by atoms with Crippen LogP contribution in [-0.4, -0.2) is 59.1 Å². The number of nitrogens with zero attached hydrogens (tertiary/aromatic N) is 2. The number of aromatic hydroxyl groups is 2. The normalized spacial score (nSPS) is 19.7. The number of amides is 1. The van der Waals surface area contributed by atoms with Crippen LogP contribution in [0, 0.1) is 0 Å². The zero-order chi connectivity index (χ0) is 14.0. The van der Waals surface area contributed by atoms with Crippen molar-refractivity contribution in [2.24, 2.45) is 0 Å². The number of rotatable bonds is 2. The van der Waals surface area contributed by atoms with Gasteiger partial charge in [-0.15, -0.1) is 0 Å². The van der Waals surface area contributed by atoms with E-state index in [0.717, 1.165) is 19.4 Å². The Kier molecular flexibility index (Phi) is 3.95. The highest BCUT2D eigenvalue weighted by atomic mass is 16.3. The van der Waals surface area contributed by atoms with Crippen molar-refractivity contribution in [3.05, 3.63) is 23.8 Å². The van der Waals surface area contributed by atoms with Gasteiger partial charge >= 0.3 is 0 Å². The van der Waals surface area contributed by atoms with Crippen molar-refractivity contribution >= 4 is 5.91 Å². The van der Waals surface area contributed by atoms with Crippen LogP contribution in [0.5, 0.6) is 11.5 Å². The van der Waals surface area contributed by atoms with Crippen molar-refractivity contribution in [3.63, 3.8) is 0 Å². The Labute approximate surface area is 113 Å². The highest BCUT2D eigenvalue weighted by molar-refractivity contribution is 5.95. The van der Waals surface area contributed by atoms with Crippen LogP contribution < -0.4 is 0 Å². The zero-order valence-electron chi connectivity index (χ0n) is 11.3. The van der Waals surface area contributed by atoms with Crippen LogP contribution >= 0.6 is 0 Å². The number of hydrogen-bond donors (Lipinski definition) is 2. The van der Waals surface area contributed by atoms with Crippen LogP contribution in [0.3, 0.4) is 0 Å². The van der Waals surface area contributed by atoms with Crippen LogP contribution in [0.25, 0.3) is 0 Å². The van der Waals surface area contributed by atoms with E-state index in [9.17, 15) is 15.0 Å². The molecule has 104 valence electrons. The highest BCUT2D eigenvalue weighted by Crippen LogP contribution is 2.23. The third kappa shape index (κ3) is 3.17. The number of phenolic OH excluding ortho intramolecular Hbond substituents is 2. The lowest BCUT2D eigenvalue weighted by Crippen LogP contribution is -2.47. The third-order valence-electron chi connectivity index (χ3n) is 3.56. The van der Waals surface area contributed by atoms with Gasteiger partial charge in [0.2, 0.25) is 0 Å². The van der Waals surface area contributed by atoms with Crippen LogP contribution in [0.1, 0.15) is 23.2 Å². The summed E-state index contributed by atoms with van der Waals surface area (Å²) in [7, 11) is 4.03. The third-order valence-corrected chi connectivity index (χ3v) is 3.56. The summed E-state index contributed by atoms with van der Waals surface area (Å²) in [6.07, 6.45) is 2.06. The predicted molar refractivity (Wildman–Crippen MR) is 72.4 cm³/mol. The second-order valence-corrected chi connectivity index (χ2v) is 5.25. The first-order valence-electron chi connectivity index (χ1n) is 6.46. The summed E-state index contributed by atoms with van der Waals surface area (Å²) in [5.74, 6) is -0.327. The van der Waals surface area contributed by atoms with E-state index < -0.39 is 0 Å². The second-order valence-electron chi connectivity index (χ2n) is 5.25. The molecular formula is C14H20N2O3. The van der Waals surface area contributed by atoms with Gasteiger partial charge in [-0.1, -0.05) is 0 Å². The molecule has 5 nitrogen and oxygen atoms in total. The largest absolute Gasteiger partial charge is 0.508 e. The molecule has 1 aliphatic heterocycles. The molecule has 19 heavy (non-hydrogen) atoms. The van der Waals surface area contributed by atoms with E-state index in [-0.39, 0.29) is 17.4 Å². The van der Waals surface area contributed by atoms with Gasteiger partial charge < -0.3 is 20.0 Å². The molecule has 5 heteroatoms. The molecule has 1 heterocycles. The van der Waals surface area contributed by atoms with Crippen molar-refractivity contribution in [2.45, 2.75) is 18.9 Å². The number of likely N-dealkylation sites (N-methyl/N-ethyl adjacent to an activating group) is 1. The summed E-state index contributed by atoms with van der Waals surface area (Å²) in [5, 5.41) is 18.9. The maximum atomic E-state index is 12.4. The van der Waals surface area contributed by atoms with Crippen LogP contribution in [0.15, 0.2) is 18.2 Å². The lowest BCUT2D eigenvalue weighted by molar-refractivity contribution is 0.0634. The number of phenols is 2. The minimum Gasteiger partial charge on any atom is -0.508 e. The second kappa shape index (κ2) is 5.48. The minimum atomic E-state index is -0.141. The molecule has 1 saturated heterocycles. The predicted octanol–water partition coefficient (Wildman–Crippen LogP) is 1.26. The first-order valence-corrected chi connectivity index (χ1v) is 6.46. The summed E-state index contributed by atoms with van der Waals surface area (Å²) in [5.41, 5.74) is 0.330. The number of piperidine rings is 1. The van der Waals surface area contributed by atoms with Gasteiger partial charge in [0, 0.05) is 30.8 Å². The maximum Gasteiger partial charge on any atom is 0.254 e. The molecular weight excluding hydrogens is 244 g/mol. The fraction of sp³-hybridized carbons (Fsp3) is 0.500. The van der Waals surface area contributed by atoms with Gasteiger partial charge in [-0.25, -0.2) is 0 Å². The molecule has 2 N–H and O–H groups in total. The smallest absolute Gasteiger partial charge is 0.254 e. The molecule has 2 rings (SSSR count). The van der Waals surface area contributed by atoms with Crippen molar-refractivity contribution in [1.29, 1.82) is 0 Å². The average Bonchev–Trinajstić information content (AvgIpc) is 2.37. The first-order chi connectivity index (χ1) is 8.97. The molecule has 0 saturated carbocycles. The molecule has 0 spiro atoms. The van der Waals surface area contributed by atoms with Crippen LogP contribution in [0.2, 0.25) is 0 Å². The molecule has 1 amide bonds. The zero-order valence-corrected chi connectivity index (χ0v) is 11.3. The molecule has 1 aromatic carbocycles. The highest BCUT2D eigenvalue weighted by Gasteiger charge is 2.25. The number of carbonyl (C=O) groups excluding carboxylic acids is 1. The van der Waals surface area contributed by atoms with Gasteiger partial charge in [0.1, 0.15) is 11.5 Å². The first kappa shape index (κ1) is 13.7. The summed E-state index contributed by atoms with van der Waals surface area (Å²) in [6, 6.07) is 4.36. The number of hydrogen-bond acceptors (Lipinski definition) is 4. The Morgan fingerprint density at radius 1 is 1.26 bits per heavy atom. The van der Waals surface area contributed by atoms with E-state index in [1.807, 2.05) is 14.1 Å². The van der Waals surface area contributed by atoms with Gasteiger partial charge in [0.05, 0.1) is 0 Å². The van der Waals surface area contributed by atoms with E-state index in [1.54, 1.807) is 4.90 Å². The van der Waals surface area contributed by atoms with Gasteiger partial charge in [-0.05, 0) is 39.1 Å². The molecule has 1 aromatic rings. The van der Waals surface area contributed by atoms with Crippen LogP contribution in [0.4, 0.5) is 0 Å². The summed E-state index contributed by atoms with van der Waals surface area (Å²) < 4.78 is 0. The number of carbonyl (C=O) groups is 1. The topological polar surface area (TPSA) is 64.0 Å². The van der Waals surface area contributed by atoms with Gasteiger partial charge in [-0.2, -0.15) is 0 Å². The lowest BCUT2D eigenvalue weighted by Gasteiger charge is -2.36. The number of benzene rings is 1. The Balaban J connectivity index is 2.14. The lowest BCUT2D eigenvalue weighted by atomic mass is 10.0. The molecule has 0 aromatic heterocycles. The van der Waals surface area contributed by atoms with Crippen molar-refractivity contribution in [1.82, 2.24) is 9.80 Å². The maximum absolute atomic E-state index is 12.4. The van der Waals surface area contributed by atoms with E-state index in [0.29, 0.717) is 18.2 Å². The summed E-state index contributed by atoms with van der Waals surface area (Å²) in [4.78, 5) is 16.3. The minimum absolute atomic E-state index is 0.0930. The Hall–Kier alpha value is -1.75. The molecule has 0 radical (unpaired) electrons. The fourth-order valence-electron chi connectivity index (χ4n) is 2.46. The summed E-state index contributed by atoms with van der Waals surface area (Å²) in [6.45, 7) is 1.40. The Bertz CT molecular complexity index is 454.